The van der Waals surface area contributed by atoms with Crippen molar-refractivity contribution in [1.29, 1.82) is 0 Å². The minimum atomic E-state index is -0.922. The molecule has 6 heteroatoms. The number of pyridine rings is 1. The van der Waals surface area contributed by atoms with E-state index in [1.165, 1.54) is 6.20 Å². The van der Waals surface area contributed by atoms with Gasteiger partial charge in [-0.15, -0.1) is 0 Å². The number of aromatic hydroxyl groups is 1. The van der Waals surface area contributed by atoms with Crippen LogP contribution in [-0.2, 0) is 17.9 Å². The van der Waals surface area contributed by atoms with Crippen molar-refractivity contribution in [2.24, 2.45) is 5.92 Å². The van der Waals surface area contributed by atoms with Gasteiger partial charge in [-0.3, -0.25) is 9.78 Å². The van der Waals surface area contributed by atoms with Crippen molar-refractivity contribution in [2.75, 3.05) is 0 Å². The number of aromatic nitrogens is 1. The maximum atomic E-state index is 11.2. The molecule has 0 saturated heterocycles. The van der Waals surface area contributed by atoms with Crippen molar-refractivity contribution in [3.8, 4) is 5.75 Å². The zero-order chi connectivity index (χ0) is 15.3. The summed E-state index contributed by atoms with van der Waals surface area (Å²) in [5.41, 5.74) is 1.44. The molecular formula is C14H22N2O4. The third-order valence-electron chi connectivity index (χ3n) is 3.13. The highest BCUT2D eigenvalue weighted by Gasteiger charge is 2.20. The largest absolute Gasteiger partial charge is 0.506 e. The number of aryl methyl sites for hydroxylation is 1. The molecule has 0 radical (unpaired) electrons. The van der Waals surface area contributed by atoms with E-state index in [2.05, 4.69) is 10.3 Å². The summed E-state index contributed by atoms with van der Waals surface area (Å²) in [5.74, 6) is -0.680. The van der Waals surface area contributed by atoms with E-state index in [4.69, 9.17) is 5.11 Å². The fourth-order valence-corrected chi connectivity index (χ4v) is 1.99. The van der Waals surface area contributed by atoms with Gasteiger partial charge in [-0.2, -0.15) is 0 Å². The zero-order valence-electron chi connectivity index (χ0n) is 12.1. The Kier molecular flexibility index (Phi) is 5.91. The quantitative estimate of drug-likeness (QED) is 0.599. The van der Waals surface area contributed by atoms with E-state index in [1.807, 2.05) is 13.8 Å². The van der Waals surface area contributed by atoms with Crippen LogP contribution in [0.4, 0.5) is 0 Å². The van der Waals surface area contributed by atoms with Gasteiger partial charge in [0.2, 0.25) is 0 Å². The van der Waals surface area contributed by atoms with E-state index >= 15 is 0 Å². The SMILES string of the molecule is Cc1ncc(CO)c(CNC(CC(C)C)C(=O)O)c1O. The van der Waals surface area contributed by atoms with Crippen molar-refractivity contribution in [2.45, 2.75) is 46.4 Å². The van der Waals surface area contributed by atoms with Crippen LogP contribution in [0.5, 0.6) is 5.75 Å². The number of aliphatic carboxylic acids is 1. The molecule has 0 aliphatic rings. The van der Waals surface area contributed by atoms with Crippen molar-refractivity contribution in [1.82, 2.24) is 10.3 Å². The Hall–Kier alpha value is -1.66. The molecule has 0 aromatic carbocycles. The van der Waals surface area contributed by atoms with Gasteiger partial charge in [0.15, 0.2) is 0 Å². The van der Waals surface area contributed by atoms with Gasteiger partial charge in [0.25, 0.3) is 0 Å². The molecule has 0 fully saturated rings. The normalized spacial score (nSPS) is 12.7. The summed E-state index contributed by atoms with van der Waals surface area (Å²) in [6.07, 6.45) is 1.99. The third-order valence-corrected chi connectivity index (χ3v) is 3.13. The Labute approximate surface area is 118 Å². The van der Waals surface area contributed by atoms with Gasteiger partial charge in [0.05, 0.1) is 12.3 Å². The topological polar surface area (TPSA) is 103 Å². The van der Waals surface area contributed by atoms with Crippen LogP contribution in [0, 0.1) is 12.8 Å². The van der Waals surface area contributed by atoms with E-state index in [0.717, 1.165) is 0 Å². The van der Waals surface area contributed by atoms with Gasteiger partial charge in [0.1, 0.15) is 11.8 Å². The lowest BCUT2D eigenvalue weighted by atomic mass is 10.0. The number of carbonyl (C=O) groups is 1. The Morgan fingerprint density at radius 2 is 2.10 bits per heavy atom. The molecule has 4 N–H and O–H groups in total. The molecule has 6 nitrogen and oxygen atoms in total. The second-order valence-corrected chi connectivity index (χ2v) is 5.26. The summed E-state index contributed by atoms with van der Waals surface area (Å²) >= 11 is 0. The van der Waals surface area contributed by atoms with E-state index in [-0.39, 0.29) is 24.8 Å². The molecule has 0 spiro atoms. The van der Waals surface area contributed by atoms with Crippen LogP contribution >= 0.6 is 0 Å². The van der Waals surface area contributed by atoms with E-state index in [9.17, 15) is 15.0 Å². The van der Waals surface area contributed by atoms with Crippen LogP contribution in [0.2, 0.25) is 0 Å². The lowest BCUT2D eigenvalue weighted by Gasteiger charge is -2.18. The molecule has 112 valence electrons. The number of aliphatic hydroxyl groups is 1. The van der Waals surface area contributed by atoms with Crippen molar-refractivity contribution >= 4 is 5.97 Å². The number of nitrogens with zero attached hydrogens (tertiary/aromatic N) is 1. The minimum absolute atomic E-state index is 0.00210. The highest BCUT2D eigenvalue weighted by atomic mass is 16.4. The number of aliphatic hydroxyl groups excluding tert-OH is 1. The van der Waals surface area contributed by atoms with Crippen molar-refractivity contribution < 1.29 is 20.1 Å². The van der Waals surface area contributed by atoms with E-state index < -0.39 is 12.0 Å². The predicted octanol–water partition coefficient (Wildman–Crippen LogP) is 1.18. The standard InChI is InChI=1S/C14H22N2O4/c1-8(2)4-12(14(19)20)16-6-11-10(7-17)5-15-9(3)13(11)18/h5,8,12,16-18H,4,6-7H2,1-3H3,(H,19,20). The average molecular weight is 282 g/mol. The highest BCUT2D eigenvalue weighted by Crippen LogP contribution is 2.24. The first-order valence-corrected chi connectivity index (χ1v) is 6.60. The van der Waals surface area contributed by atoms with Gasteiger partial charge in [-0.1, -0.05) is 13.8 Å². The van der Waals surface area contributed by atoms with Gasteiger partial charge in [-0.25, -0.2) is 0 Å². The minimum Gasteiger partial charge on any atom is -0.506 e. The summed E-state index contributed by atoms with van der Waals surface area (Å²) in [5, 5.41) is 31.3. The second kappa shape index (κ2) is 7.21. The number of hydrogen-bond acceptors (Lipinski definition) is 5. The zero-order valence-corrected chi connectivity index (χ0v) is 12.1. The van der Waals surface area contributed by atoms with Crippen molar-refractivity contribution in [3.05, 3.63) is 23.0 Å². The molecule has 0 saturated carbocycles. The molecule has 20 heavy (non-hydrogen) atoms. The molecule has 0 aliphatic carbocycles. The van der Waals surface area contributed by atoms with Crippen LogP contribution in [0.3, 0.4) is 0 Å². The molecule has 1 aromatic rings. The van der Waals surface area contributed by atoms with Crippen LogP contribution in [0.15, 0.2) is 6.20 Å². The number of carboxylic acid groups (broad SMARTS) is 1. The smallest absolute Gasteiger partial charge is 0.320 e. The van der Waals surface area contributed by atoms with E-state index in [1.54, 1.807) is 6.92 Å². The number of carboxylic acids is 1. The van der Waals surface area contributed by atoms with Gasteiger partial charge >= 0.3 is 5.97 Å². The van der Waals surface area contributed by atoms with Crippen molar-refractivity contribution in [3.63, 3.8) is 0 Å². The number of hydrogen-bond donors (Lipinski definition) is 4. The molecule has 1 rings (SSSR count). The number of nitrogens with one attached hydrogen (secondary N) is 1. The van der Waals surface area contributed by atoms with Gasteiger partial charge in [0, 0.05) is 23.9 Å². The summed E-state index contributed by atoms with van der Waals surface area (Å²) < 4.78 is 0. The first-order valence-electron chi connectivity index (χ1n) is 6.60. The third kappa shape index (κ3) is 4.18. The van der Waals surface area contributed by atoms with Crippen LogP contribution < -0.4 is 5.32 Å². The maximum Gasteiger partial charge on any atom is 0.320 e. The maximum absolute atomic E-state index is 11.2. The molecule has 0 amide bonds. The van der Waals surface area contributed by atoms with Gasteiger partial charge < -0.3 is 20.6 Å². The molecule has 0 aliphatic heterocycles. The van der Waals surface area contributed by atoms with Crippen LogP contribution in [-0.4, -0.2) is 32.3 Å². The summed E-state index contributed by atoms with van der Waals surface area (Å²) in [6.45, 7) is 5.48. The first kappa shape index (κ1) is 16.4. The predicted molar refractivity (Wildman–Crippen MR) is 74.3 cm³/mol. The Bertz CT molecular complexity index is 474. The summed E-state index contributed by atoms with van der Waals surface area (Å²) in [7, 11) is 0. The fraction of sp³-hybridized carbons (Fsp3) is 0.571. The molecule has 1 aromatic heterocycles. The van der Waals surface area contributed by atoms with Gasteiger partial charge in [-0.05, 0) is 19.3 Å². The van der Waals surface area contributed by atoms with Crippen LogP contribution in [0.25, 0.3) is 0 Å². The molecule has 1 atom stereocenters. The molecular weight excluding hydrogens is 260 g/mol. The highest BCUT2D eigenvalue weighted by molar-refractivity contribution is 5.73. The summed E-state index contributed by atoms with van der Waals surface area (Å²) in [4.78, 5) is 15.1. The monoisotopic (exact) mass is 282 g/mol. The Balaban J connectivity index is 2.87. The Morgan fingerprint density at radius 3 is 2.60 bits per heavy atom. The summed E-state index contributed by atoms with van der Waals surface area (Å²) in [6, 6.07) is -0.686. The lowest BCUT2D eigenvalue weighted by molar-refractivity contribution is -0.140. The Morgan fingerprint density at radius 1 is 1.45 bits per heavy atom. The number of rotatable bonds is 7. The van der Waals surface area contributed by atoms with E-state index in [0.29, 0.717) is 23.2 Å². The molecule has 0 bridgehead atoms. The first-order chi connectivity index (χ1) is 9.36. The van der Waals surface area contributed by atoms with Crippen LogP contribution in [0.1, 0.15) is 37.1 Å². The fourth-order valence-electron chi connectivity index (χ4n) is 1.99. The lowest BCUT2D eigenvalue weighted by Crippen LogP contribution is -2.37. The average Bonchev–Trinajstić information content (AvgIpc) is 2.38. The molecule has 1 heterocycles. The second-order valence-electron chi connectivity index (χ2n) is 5.26. The molecule has 1 unspecified atom stereocenters.